The highest BCUT2D eigenvalue weighted by Crippen LogP contribution is 2.24. The fraction of sp³-hybridized carbons (Fsp3) is 0.263. The zero-order valence-electron chi connectivity index (χ0n) is 14.5. The summed E-state index contributed by atoms with van der Waals surface area (Å²) in [5.41, 5.74) is 0.361. The van der Waals surface area contributed by atoms with Crippen molar-refractivity contribution >= 4 is 27.5 Å². The molecule has 0 aliphatic carbocycles. The van der Waals surface area contributed by atoms with E-state index in [2.05, 4.69) is 10.3 Å². The van der Waals surface area contributed by atoms with Crippen LogP contribution in [0.2, 0.25) is 0 Å². The number of hydrogen-bond donors (Lipinski definition) is 1. The largest absolute Gasteiger partial charge is 0.488 e. The Kier molecular flexibility index (Phi) is 5.80. The van der Waals surface area contributed by atoms with Crippen molar-refractivity contribution in [3.8, 4) is 5.75 Å². The van der Waals surface area contributed by atoms with Crippen LogP contribution >= 0.6 is 11.3 Å². The summed E-state index contributed by atoms with van der Waals surface area (Å²) >= 11 is 1.31. The van der Waals surface area contributed by atoms with E-state index in [1.165, 1.54) is 11.3 Å². The van der Waals surface area contributed by atoms with Crippen molar-refractivity contribution in [3.05, 3.63) is 58.9 Å². The molecule has 1 N–H and O–H groups in total. The summed E-state index contributed by atoms with van der Waals surface area (Å²) in [6, 6.07) is 10.4. The predicted octanol–water partition coefficient (Wildman–Crippen LogP) is 3.78. The van der Waals surface area contributed by atoms with E-state index in [0.29, 0.717) is 10.4 Å². The van der Waals surface area contributed by atoms with E-state index >= 15 is 0 Å². The molecule has 2 aromatic heterocycles. The van der Waals surface area contributed by atoms with E-state index in [1.54, 1.807) is 37.6 Å². The van der Waals surface area contributed by atoms with Gasteiger partial charge in [-0.15, -0.1) is 11.3 Å². The molecule has 26 heavy (non-hydrogen) atoms. The number of nitrogens with one attached hydrogen (secondary N) is 1. The summed E-state index contributed by atoms with van der Waals surface area (Å²) in [5.74, 6) is -0.590. The van der Waals surface area contributed by atoms with Gasteiger partial charge in [0, 0.05) is 30.8 Å². The number of pyridine rings is 1. The number of thiophene rings is 1. The van der Waals surface area contributed by atoms with Gasteiger partial charge in [-0.1, -0.05) is 18.2 Å². The first-order valence-corrected chi connectivity index (χ1v) is 8.96. The maximum atomic E-state index is 14.5. The number of aromatic nitrogens is 1. The molecule has 0 aliphatic heterocycles. The molecule has 5 nitrogen and oxygen atoms in total. The van der Waals surface area contributed by atoms with Crippen LogP contribution in [0.5, 0.6) is 5.75 Å². The number of fused-ring (bicyclic) bond motifs is 1. The number of benzene rings is 1. The molecule has 2 heterocycles. The summed E-state index contributed by atoms with van der Waals surface area (Å²) < 4.78 is 25.1. The lowest BCUT2D eigenvalue weighted by molar-refractivity contribution is 0.0701. The average Bonchev–Trinajstić information content (AvgIpc) is 3.10. The third-order valence-corrected chi connectivity index (χ3v) is 4.93. The van der Waals surface area contributed by atoms with E-state index in [0.717, 1.165) is 10.2 Å². The third kappa shape index (κ3) is 4.17. The van der Waals surface area contributed by atoms with Gasteiger partial charge in [-0.2, -0.15) is 0 Å². The molecule has 7 heteroatoms. The minimum Gasteiger partial charge on any atom is -0.488 e. The van der Waals surface area contributed by atoms with Crippen LogP contribution in [0.25, 0.3) is 10.2 Å². The number of hydrogen-bond acceptors (Lipinski definition) is 5. The molecule has 0 radical (unpaired) electrons. The van der Waals surface area contributed by atoms with Crippen molar-refractivity contribution in [2.75, 3.05) is 13.7 Å². The van der Waals surface area contributed by atoms with Gasteiger partial charge in [0.05, 0.1) is 11.0 Å². The van der Waals surface area contributed by atoms with Crippen LogP contribution < -0.4 is 10.1 Å². The first-order valence-electron chi connectivity index (χ1n) is 8.14. The van der Waals surface area contributed by atoms with Crippen LogP contribution in [0.3, 0.4) is 0 Å². The number of carbonyl (C=O) groups excluding carboxylic acids is 1. The maximum absolute atomic E-state index is 14.5. The SMILES string of the molecule is COC(C)COc1cccc(CNC(=O)c2cc3cccnc3s2)c1F. The molecule has 0 fully saturated rings. The number of carbonyl (C=O) groups is 1. The zero-order valence-corrected chi connectivity index (χ0v) is 15.3. The Morgan fingerprint density at radius 3 is 2.96 bits per heavy atom. The van der Waals surface area contributed by atoms with Crippen LogP contribution in [0.15, 0.2) is 42.6 Å². The molecule has 1 unspecified atom stereocenters. The maximum Gasteiger partial charge on any atom is 0.261 e. The minimum atomic E-state index is -0.478. The van der Waals surface area contributed by atoms with Gasteiger partial charge < -0.3 is 14.8 Å². The highest BCUT2D eigenvalue weighted by molar-refractivity contribution is 7.20. The second kappa shape index (κ2) is 8.25. The Morgan fingerprint density at radius 2 is 2.19 bits per heavy atom. The standard InChI is InChI=1S/C19H19FN2O3S/c1-12(24-2)11-25-15-7-3-5-14(17(15)20)10-22-18(23)16-9-13-6-4-8-21-19(13)26-16/h3-9,12H,10-11H2,1-2H3,(H,22,23). The first-order chi connectivity index (χ1) is 12.6. The van der Waals surface area contributed by atoms with Gasteiger partial charge in [-0.05, 0) is 25.1 Å². The normalized spacial score (nSPS) is 12.1. The van der Waals surface area contributed by atoms with E-state index in [-0.39, 0.29) is 30.9 Å². The lowest BCUT2D eigenvalue weighted by atomic mass is 10.2. The van der Waals surface area contributed by atoms with Gasteiger partial charge in [-0.25, -0.2) is 9.37 Å². The fourth-order valence-electron chi connectivity index (χ4n) is 2.33. The quantitative estimate of drug-likeness (QED) is 0.684. The summed E-state index contributed by atoms with van der Waals surface area (Å²) in [5, 5.41) is 3.66. The number of amides is 1. The highest BCUT2D eigenvalue weighted by atomic mass is 32.1. The molecular weight excluding hydrogens is 355 g/mol. The number of halogens is 1. The molecule has 0 spiro atoms. The Hall–Kier alpha value is -2.51. The van der Waals surface area contributed by atoms with Crippen LogP contribution in [-0.2, 0) is 11.3 Å². The van der Waals surface area contributed by atoms with Crippen LogP contribution in [-0.4, -0.2) is 30.7 Å². The summed E-state index contributed by atoms with van der Waals surface area (Å²) in [6.45, 7) is 2.16. The summed E-state index contributed by atoms with van der Waals surface area (Å²) in [6.07, 6.45) is 1.55. The minimum absolute atomic E-state index is 0.0728. The van der Waals surface area contributed by atoms with E-state index in [9.17, 15) is 9.18 Å². The molecular formula is C19H19FN2O3S. The molecule has 0 bridgehead atoms. The van der Waals surface area contributed by atoms with Crippen molar-refractivity contribution in [2.24, 2.45) is 0 Å². The highest BCUT2D eigenvalue weighted by Gasteiger charge is 2.14. The molecule has 1 amide bonds. The van der Waals surface area contributed by atoms with E-state index < -0.39 is 5.82 Å². The van der Waals surface area contributed by atoms with Crippen molar-refractivity contribution in [1.29, 1.82) is 0 Å². The van der Waals surface area contributed by atoms with Crippen molar-refractivity contribution < 1.29 is 18.7 Å². The van der Waals surface area contributed by atoms with Gasteiger partial charge >= 0.3 is 0 Å². The summed E-state index contributed by atoms with van der Waals surface area (Å²) in [7, 11) is 1.57. The molecule has 3 rings (SSSR count). The number of nitrogens with zero attached hydrogens (tertiary/aromatic N) is 1. The Balaban J connectivity index is 1.66. The topological polar surface area (TPSA) is 60.5 Å². The lowest BCUT2D eigenvalue weighted by Gasteiger charge is -2.13. The molecule has 1 aromatic carbocycles. The van der Waals surface area contributed by atoms with Crippen LogP contribution in [0.1, 0.15) is 22.2 Å². The monoisotopic (exact) mass is 374 g/mol. The van der Waals surface area contributed by atoms with Gasteiger partial charge in [0.1, 0.15) is 11.4 Å². The lowest BCUT2D eigenvalue weighted by Crippen LogP contribution is -2.22. The molecule has 1 atom stereocenters. The van der Waals surface area contributed by atoms with E-state index in [4.69, 9.17) is 9.47 Å². The number of methoxy groups -OCH3 is 1. The molecule has 136 valence electrons. The predicted molar refractivity (Wildman–Crippen MR) is 99.2 cm³/mol. The van der Waals surface area contributed by atoms with Crippen molar-refractivity contribution in [1.82, 2.24) is 10.3 Å². The molecule has 3 aromatic rings. The van der Waals surface area contributed by atoms with Crippen molar-refractivity contribution in [2.45, 2.75) is 19.6 Å². The third-order valence-electron chi connectivity index (χ3n) is 3.88. The van der Waals surface area contributed by atoms with Crippen LogP contribution in [0, 0.1) is 5.82 Å². The average molecular weight is 374 g/mol. The Bertz CT molecular complexity index is 880. The molecule has 0 saturated carbocycles. The number of ether oxygens (including phenoxy) is 2. The second-order valence-electron chi connectivity index (χ2n) is 5.78. The van der Waals surface area contributed by atoms with Crippen LogP contribution in [0.4, 0.5) is 4.39 Å². The smallest absolute Gasteiger partial charge is 0.261 e. The fourth-order valence-corrected chi connectivity index (χ4v) is 3.24. The number of rotatable bonds is 7. The first kappa shape index (κ1) is 18.3. The summed E-state index contributed by atoms with van der Waals surface area (Å²) in [4.78, 5) is 17.9. The molecule has 0 aliphatic rings. The molecule has 0 saturated heterocycles. The van der Waals surface area contributed by atoms with Crippen molar-refractivity contribution in [3.63, 3.8) is 0 Å². The Morgan fingerprint density at radius 1 is 1.35 bits per heavy atom. The second-order valence-corrected chi connectivity index (χ2v) is 6.81. The Labute approximate surface area is 154 Å². The van der Waals surface area contributed by atoms with Gasteiger partial charge in [0.15, 0.2) is 11.6 Å². The van der Waals surface area contributed by atoms with Gasteiger partial charge in [0.2, 0.25) is 0 Å². The van der Waals surface area contributed by atoms with Gasteiger partial charge in [-0.3, -0.25) is 4.79 Å². The zero-order chi connectivity index (χ0) is 18.5. The van der Waals surface area contributed by atoms with E-state index in [1.807, 2.05) is 19.1 Å². The van der Waals surface area contributed by atoms with Gasteiger partial charge in [0.25, 0.3) is 5.91 Å².